The summed E-state index contributed by atoms with van der Waals surface area (Å²) in [5, 5.41) is 14.6. The number of hydrogen-bond acceptors (Lipinski definition) is 3. The fraction of sp³-hybridized carbons (Fsp3) is 0.438. The van der Waals surface area contributed by atoms with Crippen molar-refractivity contribution < 1.29 is 5.11 Å². The second-order valence-corrected chi connectivity index (χ2v) is 5.37. The molecule has 19 heavy (non-hydrogen) atoms. The number of aliphatic hydroxyl groups excluding tert-OH is 1. The second-order valence-electron chi connectivity index (χ2n) is 5.37. The summed E-state index contributed by atoms with van der Waals surface area (Å²) >= 11 is 0. The molecule has 0 bridgehead atoms. The van der Waals surface area contributed by atoms with E-state index >= 15 is 0 Å². The lowest BCUT2D eigenvalue weighted by molar-refractivity contribution is 0.0763. The van der Waals surface area contributed by atoms with Gasteiger partial charge in [-0.15, -0.1) is 0 Å². The van der Waals surface area contributed by atoms with Crippen molar-refractivity contribution in [1.29, 1.82) is 0 Å². The van der Waals surface area contributed by atoms with Crippen LogP contribution in [0.3, 0.4) is 0 Å². The Morgan fingerprint density at radius 1 is 1.16 bits per heavy atom. The number of fused-ring (bicyclic) bond motifs is 1. The van der Waals surface area contributed by atoms with Crippen LogP contribution in [0, 0.1) is 5.92 Å². The Morgan fingerprint density at radius 2 is 2.00 bits per heavy atom. The Morgan fingerprint density at radius 3 is 2.89 bits per heavy atom. The molecule has 1 heterocycles. The zero-order valence-electron chi connectivity index (χ0n) is 11.0. The molecule has 3 rings (SSSR count). The number of benzene rings is 1. The van der Waals surface area contributed by atoms with E-state index in [1.54, 1.807) is 0 Å². The van der Waals surface area contributed by atoms with Crippen LogP contribution in [0.2, 0.25) is 0 Å². The van der Waals surface area contributed by atoms with Gasteiger partial charge in [-0.25, -0.2) is 0 Å². The van der Waals surface area contributed by atoms with Crippen LogP contribution < -0.4 is 5.32 Å². The minimum atomic E-state index is -0.144. The number of aliphatic hydroxyl groups is 1. The van der Waals surface area contributed by atoms with Crippen LogP contribution in [0.4, 0.5) is 5.69 Å². The van der Waals surface area contributed by atoms with Crippen LogP contribution >= 0.6 is 0 Å². The topological polar surface area (TPSA) is 45.1 Å². The molecule has 1 saturated carbocycles. The first-order valence-corrected chi connectivity index (χ1v) is 7.10. The molecule has 1 aromatic heterocycles. The molecule has 2 aromatic rings. The minimum Gasteiger partial charge on any atom is -0.393 e. The lowest BCUT2D eigenvalue weighted by Crippen LogP contribution is -2.30. The first-order valence-electron chi connectivity index (χ1n) is 7.10. The lowest BCUT2D eigenvalue weighted by Gasteiger charge is -2.28. The highest BCUT2D eigenvalue weighted by Gasteiger charge is 2.22. The molecule has 1 aliphatic carbocycles. The molecular weight excluding hydrogens is 236 g/mol. The molecule has 0 saturated heterocycles. The molecule has 100 valence electrons. The van der Waals surface area contributed by atoms with Crippen LogP contribution in [0.1, 0.15) is 25.7 Å². The number of rotatable bonds is 3. The van der Waals surface area contributed by atoms with Gasteiger partial charge in [-0.3, -0.25) is 4.98 Å². The molecule has 2 unspecified atom stereocenters. The van der Waals surface area contributed by atoms with Crippen LogP contribution in [-0.2, 0) is 0 Å². The van der Waals surface area contributed by atoms with E-state index in [4.69, 9.17) is 0 Å². The van der Waals surface area contributed by atoms with Gasteiger partial charge in [-0.1, -0.05) is 31.0 Å². The normalized spacial score (nSPS) is 23.4. The maximum absolute atomic E-state index is 10.0. The number of pyridine rings is 1. The van der Waals surface area contributed by atoms with Crippen LogP contribution in [0.5, 0.6) is 0 Å². The van der Waals surface area contributed by atoms with Gasteiger partial charge in [0.25, 0.3) is 0 Å². The van der Waals surface area contributed by atoms with Crippen molar-refractivity contribution in [3.05, 3.63) is 36.5 Å². The molecule has 1 fully saturated rings. The molecule has 1 aliphatic rings. The fourth-order valence-electron chi connectivity index (χ4n) is 2.92. The summed E-state index contributed by atoms with van der Waals surface area (Å²) in [5.74, 6) is 0.376. The first-order chi connectivity index (χ1) is 9.34. The van der Waals surface area contributed by atoms with Gasteiger partial charge in [0.1, 0.15) is 0 Å². The van der Waals surface area contributed by atoms with Crippen LogP contribution in [0.15, 0.2) is 36.5 Å². The van der Waals surface area contributed by atoms with E-state index in [2.05, 4.69) is 16.4 Å². The molecule has 0 spiro atoms. The summed E-state index contributed by atoms with van der Waals surface area (Å²) in [6, 6.07) is 10.2. The summed E-state index contributed by atoms with van der Waals surface area (Å²) < 4.78 is 0. The molecule has 2 atom stereocenters. The molecule has 0 aliphatic heterocycles. The van der Waals surface area contributed by atoms with Gasteiger partial charge in [0, 0.05) is 29.7 Å². The van der Waals surface area contributed by atoms with E-state index < -0.39 is 0 Å². The van der Waals surface area contributed by atoms with Crippen molar-refractivity contribution >= 4 is 16.6 Å². The van der Waals surface area contributed by atoms with Crippen molar-refractivity contribution in [2.75, 3.05) is 11.9 Å². The molecule has 3 nitrogen and oxygen atoms in total. The zero-order chi connectivity index (χ0) is 13.1. The lowest BCUT2D eigenvalue weighted by atomic mass is 9.86. The highest BCUT2D eigenvalue weighted by Crippen LogP contribution is 2.26. The third-order valence-electron chi connectivity index (χ3n) is 4.07. The first kappa shape index (κ1) is 12.4. The van der Waals surface area contributed by atoms with E-state index in [1.165, 1.54) is 6.42 Å². The maximum atomic E-state index is 10.0. The number of aromatic nitrogens is 1. The predicted octanol–water partition coefficient (Wildman–Crippen LogP) is 3.20. The number of para-hydroxylation sites is 1. The predicted molar refractivity (Wildman–Crippen MR) is 78.2 cm³/mol. The van der Waals surface area contributed by atoms with Crippen molar-refractivity contribution in [3.8, 4) is 0 Å². The van der Waals surface area contributed by atoms with E-state index in [-0.39, 0.29) is 6.10 Å². The van der Waals surface area contributed by atoms with Crippen molar-refractivity contribution in [2.45, 2.75) is 31.8 Å². The Bertz CT molecular complexity index is 550. The maximum Gasteiger partial charge on any atom is 0.0722 e. The summed E-state index contributed by atoms with van der Waals surface area (Å²) in [6.45, 7) is 0.842. The third kappa shape index (κ3) is 2.71. The van der Waals surface area contributed by atoms with Crippen LogP contribution in [-0.4, -0.2) is 22.7 Å². The molecule has 2 N–H and O–H groups in total. The Kier molecular flexibility index (Phi) is 3.65. The molecule has 3 heteroatoms. The van der Waals surface area contributed by atoms with Crippen molar-refractivity contribution in [1.82, 2.24) is 4.98 Å². The molecule has 1 aromatic carbocycles. The summed E-state index contributed by atoms with van der Waals surface area (Å²) in [5.41, 5.74) is 2.13. The number of anilines is 1. The van der Waals surface area contributed by atoms with E-state index in [0.717, 1.165) is 42.4 Å². The van der Waals surface area contributed by atoms with Gasteiger partial charge >= 0.3 is 0 Å². The van der Waals surface area contributed by atoms with E-state index in [9.17, 15) is 5.11 Å². The summed E-state index contributed by atoms with van der Waals surface area (Å²) in [4.78, 5) is 4.36. The van der Waals surface area contributed by atoms with Gasteiger partial charge in [0.05, 0.1) is 11.6 Å². The SMILES string of the molecule is OC1CCCCC1CNc1ccnc2ccccc12. The summed E-state index contributed by atoms with van der Waals surface area (Å²) in [6.07, 6.45) is 6.16. The standard InChI is InChI=1S/C16H20N2O/c19-16-8-4-1-5-12(16)11-18-15-9-10-17-14-7-3-2-6-13(14)15/h2-3,6-7,9-10,12,16,19H,1,4-5,8,11H2,(H,17,18). The average molecular weight is 256 g/mol. The number of hydrogen-bond donors (Lipinski definition) is 2. The van der Waals surface area contributed by atoms with Crippen molar-refractivity contribution in [2.24, 2.45) is 5.92 Å². The number of nitrogens with one attached hydrogen (secondary N) is 1. The quantitative estimate of drug-likeness (QED) is 0.886. The van der Waals surface area contributed by atoms with Crippen LogP contribution in [0.25, 0.3) is 10.9 Å². The highest BCUT2D eigenvalue weighted by molar-refractivity contribution is 5.90. The van der Waals surface area contributed by atoms with Gasteiger partial charge in [0.15, 0.2) is 0 Å². The minimum absolute atomic E-state index is 0.144. The monoisotopic (exact) mass is 256 g/mol. The smallest absolute Gasteiger partial charge is 0.0722 e. The largest absolute Gasteiger partial charge is 0.393 e. The van der Waals surface area contributed by atoms with Gasteiger partial charge in [-0.05, 0) is 25.0 Å². The molecular formula is C16H20N2O. The Hall–Kier alpha value is -1.61. The Labute approximate surface area is 113 Å². The van der Waals surface area contributed by atoms with Crippen molar-refractivity contribution in [3.63, 3.8) is 0 Å². The molecule has 0 amide bonds. The Balaban J connectivity index is 1.74. The second kappa shape index (κ2) is 5.57. The zero-order valence-corrected chi connectivity index (χ0v) is 11.0. The third-order valence-corrected chi connectivity index (χ3v) is 4.07. The molecule has 0 radical (unpaired) electrons. The number of nitrogens with zero attached hydrogens (tertiary/aromatic N) is 1. The highest BCUT2D eigenvalue weighted by atomic mass is 16.3. The van der Waals surface area contributed by atoms with Gasteiger partial charge in [-0.2, -0.15) is 0 Å². The summed E-state index contributed by atoms with van der Waals surface area (Å²) in [7, 11) is 0. The van der Waals surface area contributed by atoms with E-state index in [1.807, 2.05) is 30.5 Å². The van der Waals surface area contributed by atoms with Gasteiger partial charge < -0.3 is 10.4 Å². The van der Waals surface area contributed by atoms with E-state index in [0.29, 0.717) is 5.92 Å². The average Bonchev–Trinajstić information content (AvgIpc) is 2.46. The fourth-order valence-corrected chi connectivity index (χ4v) is 2.92. The van der Waals surface area contributed by atoms with Gasteiger partial charge in [0.2, 0.25) is 0 Å².